The molecule has 0 bridgehead atoms. The van der Waals surface area contributed by atoms with Gasteiger partial charge in [0.1, 0.15) is 5.41 Å². The predicted octanol–water partition coefficient (Wildman–Crippen LogP) is 2.48. The summed E-state index contributed by atoms with van der Waals surface area (Å²) in [7, 11) is 0. The number of aryl methyl sites for hydroxylation is 1. The number of amides is 1. The summed E-state index contributed by atoms with van der Waals surface area (Å²) in [5, 5.41) is 12.2. The molecular formula is C15H19N3O. The third kappa shape index (κ3) is 3.11. The van der Waals surface area contributed by atoms with Crippen LogP contribution in [0.3, 0.4) is 0 Å². The smallest absolute Gasteiger partial charge is 0.240 e. The minimum atomic E-state index is -0.809. The van der Waals surface area contributed by atoms with Gasteiger partial charge in [-0.15, -0.1) is 0 Å². The number of carbonyl (C=O) groups excluding carboxylic acids is 1. The summed E-state index contributed by atoms with van der Waals surface area (Å²) in [6, 6.07) is 6.10. The molecule has 1 aromatic heterocycles. The molecule has 0 aromatic carbocycles. The number of pyridine rings is 1. The second kappa shape index (κ2) is 5.83. The SMILES string of the molecule is Cc1ccc(CNC(=O)C2(C#N)CCCCC2)cn1. The maximum atomic E-state index is 12.2. The van der Waals surface area contributed by atoms with Crippen LogP contribution in [0.4, 0.5) is 0 Å². The third-order valence-corrected chi connectivity index (χ3v) is 3.78. The number of aromatic nitrogens is 1. The molecule has 4 nitrogen and oxygen atoms in total. The third-order valence-electron chi connectivity index (χ3n) is 3.78. The molecule has 0 atom stereocenters. The molecule has 1 aliphatic carbocycles. The Kier molecular flexibility index (Phi) is 4.16. The van der Waals surface area contributed by atoms with Crippen LogP contribution in [-0.2, 0) is 11.3 Å². The Morgan fingerprint density at radius 3 is 2.74 bits per heavy atom. The van der Waals surface area contributed by atoms with Gasteiger partial charge in [0.05, 0.1) is 6.07 Å². The number of nitrogens with one attached hydrogen (secondary N) is 1. The van der Waals surface area contributed by atoms with E-state index in [1.807, 2.05) is 19.1 Å². The number of carbonyl (C=O) groups is 1. The van der Waals surface area contributed by atoms with Gasteiger partial charge in [0.15, 0.2) is 0 Å². The molecule has 0 unspecified atom stereocenters. The standard InChI is InChI=1S/C15H19N3O/c1-12-5-6-13(9-17-12)10-18-14(19)15(11-16)7-3-2-4-8-15/h5-6,9H,2-4,7-8,10H2,1H3,(H,18,19). The average Bonchev–Trinajstić information content (AvgIpc) is 2.47. The van der Waals surface area contributed by atoms with Gasteiger partial charge in [0, 0.05) is 18.4 Å². The fraction of sp³-hybridized carbons (Fsp3) is 0.533. The molecule has 0 aliphatic heterocycles. The van der Waals surface area contributed by atoms with Crippen molar-refractivity contribution in [1.82, 2.24) is 10.3 Å². The Balaban J connectivity index is 1.96. The average molecular weight is 257 g/mol. The number of hydrogen-bond donors (Lipinski definition) is 1. The summed E-state index contributed by atoms with van der Waals surface area (Å²) >= 11 is 0. The summed E-state index contributed by atoms with van der Waals surface area (Å²) in [6.07, 6.45) is 6.18. The number of nitrogens with zero attached hydrogens (tertiary/aromatic N) is 2. The quantitative estimate of drug-likeness (QED) is 0.904. The minimum absolute atomic E-state index is 0.129. The molecule has 2 rings (SSSR count). The maximum absolute atomic E-state index is 12.2. The molecule has 1 fully saturated rings. The summed E-state index contributed by atoms with van der Waals surface area (Å²) in [6.45, 7) is 2.37. The molecular weight excluding hydrogens is 238 g/mol. The predicted molar refractivity (Wildman–Crippen MR) is 72.0 cm³/mol. The molecule has 1 aromatic rings. The summed E-state index contributed by atoms with van der Waals surface area (Å²) < 4.78 is 0. The van der Waals surface area contributed by atoms with Gasteiger partial charge in [0.25, 0.3) is 0 Å². The van der Waals surface area contributed by atoms with Gasteiger partial charge in [-0.3, -0.25) is 9.78 Å². The summed E-state index contributed by atoms with van der Waals surface area (Å²) in [5.74, 6) is -0.129. The first-order valence-electron chi connectivity index (χ1n) is 6.77. The summed E-state index contributed by atoms with van der Waals surface area (Å²) in [5.41, 5.74) is 1.11. The first kappa shape index (κ1) is 13.5. The van der Waals surface area contributed by atoms with E-state index in [1.54, 1.807) is 6.20 Å². The van der Waals surface area contributed by atoms with E-state index >= 15 is 0 Å². The van der Waals surface area contributed by atoms with Gasteiger partial charge in [-0.05, 0) is 31.4 Å². The zero-order valence-corrected chi connectivity index (χ0v) is 11.3. The molecule has 1 aliphatic rings. The van der Waals surface area contributed by atoms with Crippen LogP contribution >= 0.6 is 0 Å². The highest BCUT2D eigenvalue weighted by atomic mass is 16.2. The van der Waals surface area contributed by atoms with E-state index in [2.05, 4.69) is 16.4 Å². The monoisotopic (exact) mass is 257 g/mol. The lowest BCUT2D eigenvalue weighted by molar-refractivity contribution is -0.129. The highest BCUT2D eigenvalue weighted by Gasteiger charge is 2.39. The molecule has 100 valence electrons. The normalized spacial score (nSPS) is 17.5. The van der Waals surface area contributed by atoms with Crippen LogP contribution < -0.4 is 5.32 Å². The second-order valence-corrected chi connectivity index (χ2v) is 5.25. The van der Waals surface area contributed by atoms with Gasteiger partial charge < -0.3 is 5.32 Å². The van der Waals surface area contributed by atoms with E-state index in [0.717, 1.165) is 30.5 Å². The number of rotatable bonds is 3. The van der Waals surface area contributed by atoms with Crippen LogP contribution in [0.15, 0.2) is 18.3 Å². The van der Waals surface area contributed by atoms with E-state index in [1.165, 1.54) is 0 Å². The van der Waals surface area contributed by atoms with Gasteiger partial charge >= 0.3 is 0 Å². The van der Waals surface area contributed by atoms with E-state index in [9.17, 15) is 10.1 Å². The van der Waals surface area contributed by atoms with Crippen molar-refractivity contribution in [3.05, 3.63) is 29.6 Å². The lowest BCUT2D eigenvalue weighted by Crippen LogP contribution is -2.41. The van der Waals surface area contributed by atoms with Gasteiger partial charge in [-0.1, -0.05) is 25.3 Å². The first-order valence-corrected chi connectivity index (χ1v) is 6.77. The van der Waals surface area contributed by atoms with Crippen LogP contribution in [0, 0.1) is 23.7 Å². The van der Waals surface area contributed by atoms with Crippen LogP contribution in [0.1, 0.15) is 43.4 Å². The molecule has 0 saturated heterocycles. The van der Waals surface area contributed by atoms with Gasteiger partial charge in [-0.2, -0.15) is 5.26 Å². The van der Waals surface area contributed by atoms with E-state index in [0.29, 0.717) is 19.4 Å². The zero-order chi connectivity index (χ0) is 13.7. The van der Waals surface area contributed by atoms with Crippen molar-refractivity contribution in [2.24, 2.45) is 5.41 Å². The topological polar surface area (TPSA) is 65.8 Å². The molecule has 1 amide bonds. The van der Waals surface area contributed by atoms with Gasteiger partial charge in [-0.25, -0.2) is 0 Å². The van der Waals surface area contributed by atoms with Crippen molar-refractivity contribution >= 4 is 5.91 Å². The lowest BCUT2D eigenvalue weighted by Gasteiger charge is -2.29. The number of nitriles is 1. The Hall–Kier alpha value is -1.89. The molecule has 19 heavy (non-hydrogen) atoms. The zero-order valence-electron chi connectivity index (χ0n) is 11.3. The van der Waals surface area contributed by atoms with E-state index in [4.69, 9.17) is 0 Å². The highest BCUT2D eigenvalue weighted by molar-refractivity contribution is 5.85. The Morgan fingerprint density at radius 2 is 2.16 bits per heavy atom. The van der Waals surface area contributed by atoms with Crippen LogP contribution in [0.2, 0.25) is 0 Å². The second-order valence-electron chi connectivity index (χ2n) is 5.25. The highest BCUT2D eigenvalue weighted by Crippen LogP contribution is 2.35. The van der Waals surface area contributed by atoms with Crippen molar-refractivity contribution < 1.29 is 4.79 Å². The molecule has 4 heteroatoms. The fourth-order valence-corrected chi connectivity index (χ4v) is 2.50. The van der Waals surface area contributed by atoms with Crippen molar-refractivity contribution in [1.29, 1.82) is 5.26 Å². The van der Waals surface area contributed by atoms with Gasteiger partial charge in [0.2, 0.25) is 5.91 Å². The fourth-order valence-electron chi connectivity index (χ4n) is 2.50. The lowest BCUT2D eigenvalue weighted by atomic mass is 9.74. The Morgan fingerprint density at radius 1 is 1.42 bits per heavy atom. The Bertz CT molecular complexity index is 481. The van der Waals surface area contributed by atoms with Crippen LogP contribution in [0.25, 0.3) is 0 Å². The first-order chi connectivity index (χ1) is 9.16. The van der Waals surface area contributed by atoms with Crippen molar-refractivity contribution in [3.63, 3.8) is 0 Å². The molecule has 1 heterocycles. The molecule has 1 N–H and O–H groups in total. The van der Waals surface area contributed by atoms with E-state index in [-0.39, 0.29) is 5.91 Å². The molecule has 0 spiro atoms. The molecule has 1 saturated carbocycles. The molecule has 0 radical (unpaired) electrons. The van der Waals surface area contributed by atoms with E-state index < -0.39 is 5.41 Å². The van der Waals surface area contributed by atoms with Crippen molar-refractivity contribution in [3.8, 4) is 6.07 Å². The number of hydrogen-bond acceptors (Lipinski definition) is 3. The minimum Gasteiger partial charge on any atom is -0.351 e. The largest absolute Gasteiger partial charge is 0.351 e. The van der Waals surface area contributed by atoms with Crippen LogP contribution in [0.5, 0.6) is 0 Å². The summed E-state index contributed by atoms with van der Waals surface area (Å²) in [4.78, 5) is 16.4. The Labute approximate surface area is 113 Å². The van der Waals surface area contributed by atoms with Crippen LogP contribution in [-0.4, -0.2) is 10.9 Å². The maximum Gasteiger partial charge on any atom is 0.240 e. The van der Waals surface area contributed by atoms with Crippen molar-refractivity contribution in [2.75, 3.05) is 0 Å². The van der Waals surface area contributed by atoms with Crippen molar-refractivity contribution in [2.45, 2.75) is 45.6 Å².